The smallest absolute Gasteiger partial charge is 0.201 e. The van der Waals surface area contributed by atoms with E-state index in [2.05, 4.69) is 11.2 Å². The van der Waals surface area contributed by atoms with E-state index >= 15 is 0 Å². The van der Waals surface area contributed by atoms with E-state index in [0.717, 1.165) is 13.1 Å². The van der Waals surface area contributed by atoms with Crippen LogP contribution in [0.3, 0.4) is 0 Å². The largest absolute Gasteiger partial charge is 0.531 e. The van der Waals surface area contributed by atoms with Crippen LogP contribution in [0.15, 0.2) is 23.1 Å². The van der Waals surface area contributed by atoms with E-state index < -0.39 is 63.8 Å². The molecule has 4 rings (SSSR count). The number of hydrogen-bond acceptors (Lipinski definition) is 9. The van der Waals surface area contributed by atoms with Crippen molar-refractivity contribution >= 4 is 23.1 Å². The van der Waals surface area contributed by atoms with Crippen LogP contribution in [0.5, 0.6) is 5.75 Å². The average molecular weight is 516 g/mol. The van der Waals surface area contributed by atoms with Gasteiger partial charge < -0.3 is 25.4 Å². The van der Waals surface area contributed by atoms with Gasteiger partial charge in [0.15, 0.2) is 17.2 Å². The zero-order valence-corrected chi connectivity index (χ0v) is 20.9. The molecule has 9 nitrogen and oxygen atoms in total. The molecule has 1 fully saturated rings. The summed E-state index contributed by atoms with van der Waals surface area (Å²) in [6.45, 7) is 2.85. The van der Waals surface area contributed by atoms with Gasteiger partial charge in [0, 0.05) is 49.9 Å². The van der Waals surface area contributed by atoms with Gasteiger partial charge >= 0.3 is 0 Å². The number of rotatable bonds is 2. The minimum atomic E-state index is -2.56. The molecule has 3 aliphatic carbocycles. The molecule has 1 saturated carbocycles. The fraction of sp³-hybridized carbons (Fsp3) is 0.455. The van der Waals surface area contributed by atoms with E-state index in [1.165, 1.54) is 4.90 Å². The number of ketones is 3. The Morgan fingerprint density at radius 3 is 2.44 bits per heavy atom. The molecule has 10 heteroatoms. The summed E-state index contributed by atoms with van der Waals surface area (Å²) in [7, 11) is 3.18. The zero-order valence-electron chi connectivity index (χ0n) is 18.1. The maximum absolute atomic E-state index is 13.6. The fourth-order valence-corrected chi connectivity index (χ4v) is 5.39. The van der Waals surface area contributed by atoms with Crippen molar-refractivity contribution < 1.29 is 67.5 Å². The Balaban J connectivity index is 0.00000289. The van der Waals surface area contributed by atoms with Crippen molar-refractivity contribution in [2.24, 2.45) is 11.8 Å². The SMILES string of the molecule is CC(=O)C1=C(O)[C@@]2(O)C(=O)C3=C(O)c4c([c-]ncc4O)[C@H](C)[C@H]3C[C@H]2[C@H](N(C)C)C1=O.[Y]. The van der Waals surface area contributed by atoms with E-state index in [1.54, 1.807) is 21.0 Å². The van der Waals surface area contributed by atoms with Gasteiger partial charge in [-0.1, -0.05) is 13.1 Å². The molecule has 0 bridgehead atoms. The maximum Gasteiger partial charge on any atom is 0.201 e. The van der Waals surface area contributed by atoms with Crippen LogP contribution in [-0.4, -0.2) is 73.4 Å². The number of nitrogens with zero attached hydrogens (tertiary/aromatic N) is 2. The third-order valence-electron chi connectivity index (χ3n) is 6.86. The predicted octanol–water partition coefficient (Wildman–Crippen LogP) is 0.821. The first-order valence-corrected chi connectivity index (χ1v) is 9.90. The topological polar surface area (TPSA) is 148 Å². The second kappa shape index (κ2) is 8.13. The summed E-state index contributed by atoms with van der Waals surface area (Å²) >= 11 is 0. The third kappa shape index (κ3) is 3.05. The molecule has 0 saturated heterocycles. The van der Waals surface area contributed by atoms with Gasteiger partial charge in [-0.15, -0.1) is 5.56 Å². The summed E-state index contributed by atoms with van der Waals surface area (Å²) < 4.78 is 0. The Hall–Kier alpha value is -1.94. The van der Waals surface area contributed by atoms with E-state index in [-0.39, 0.29) is 56.0 Å². The van der Waals surface area contributed by atoms with E-state index in [4.69, 9.17) is 0 Å². The molecule has 1 radical (unpaired) electrons. The molecule has 4 N–H and O–H groups in total. The second-order valence-electron chi connectivity index (χ2n) is 8.69. The van der Waals surface area contributed by atoms with Crippen LogP contribution in [-0.2, 0) is 47.1 Å². The van der Waals surface area contributed by atoms with Gasteiger partial charge in [-0.05, 0) is 51.0 Å². The van der Waals surface area contributed by atoms with Crippen molar-refractivity contribution in [3.05, 3.63) is 40.4 Å². The van der Waals surface area contributed by atoms with Gasteiger partial charge in [0.25, 0.3) is 0 Å². The Bertz CT molecular complexity index is 1110. The molecular weight excluding hydrogens is 493 g/mol. The third-order valence-corrected chi connectivity index (χ3v) is 6.86. The molecule has 167 valence electrons. The second-order valence-corrected chi connectivity index (χ2v) is 8.69. The first-order chi connectivity index (χ1) is 14.4. The monoisotopic (exact) mass is 516 g/mol. The summed E-state index contributed by atoms with van der Waals surface area (Å²) in [6, 6.07) is -1.03. The minimum absolute atomic E-state index is 0. The normalized spacial score (nSPS) is 31.7. The Labute approximate surface area is 209 Å². The van der Waals surface area contributed by atoms with Crippen LogP contribution >= 0.6 is 0 Å². The zero-order chi connectivity index (χ0) is 23.0. The van der Waals surface area contributed by atoms with Gasteiger partial charge in [-0.2, -0.15) is 0 Å². The number of fused-ring (bicyclic) bond motifs is 3. The number of carbonyl (C=O) groups excluding carboxylic acids is 3. The van der Waals surface area contributed by atoms with Crippen molar-refractivity contribution in [2.45, 2.75) is 37.8 Å². The van der Waals surface area contributed by atoms with Crippen molar-refractivity contribution in [1.82, 2.24) is 9.88 Å². The summed E-state index contributed by atoms with van der Waals surface area (Å²) in [6.07, 6.45) is 3.90. The Morgan fingerprint density at radius 2 is 1.88 bits per heavy atom. The van der Waals surface area contributed by atoms with Gasteiger partial charge in [0.2, 0.25) is 5.78 Å². The molecule has 0 aliphatic heterocycles. The number of Topliss-reactive ketones (excluding diaryl/α,β-unsaturated/α-hetero) is 3. The molecule has 1 aromatic rings. The number of pyridine rings is 1. The quantitative estimate of drug-likeness (QED) is 0.331. The van der Waals surface area contributed by atoms with Crippen molar-refractivity contribution in [1.29, 1.82) is 0 Å². The number of hydrogen-bond donors (Lipinski definition) is 4. The summed E-state index contributed by atoms with van der Waals surface area (Å²) in [4.78, 5) is 44.2. The number of likely N-dealkylation sites (N-methyl/N-ethyl adjacent to an activating group) is 1. The average Bonchev–Trinajstić information content (AvgIpc) is 2.68. The fourth-order valence-electron chi connectivity index (χ4n) is 5.39. The van der Waals surface area contributed by atoms with Gasteiger partial charge in [0.05, 0.1) is 11.8 Å². The molecule has 32 heavy (non-hydrogen) atoms. The minimum Gasteiger partial charge on any atom is -0.531 e. The maximum atomic E-state index is 13.6. The predicted molar refractivity (Wildman–Crippen MR) is 107 cm³/mol. The van der Waals surface area contributed by atoms with E-state index in [1.807, 2.05) is 0 Å². The van der Waals surface area contributed by atoms with Crippen molar-refractivity contribution in [2.75, 3.05) is 14.1 Å². The molecule has 3 aliphatic rings. The summed E-state index contributed by atoms with van der Waals surface area (Å²) in [5.41, 5.74) is -2.93. The number of aliphatic hydroxyl groups is 3. The van der Waals surface area contributed by atoms with Crippen molar-refractivity contribution in [3.63, 3.8) is 0 Å². The van der Waals surface area contributed by atoms with Crippen LogP contribution < -0.4 is 0 Å². The standard InChI is InChI=1S/C22H23N2O7.Y/c1-8-10-5-12-17(24(3)4)19(28)14(9(2)25)20(29)22(12,31)21(30)16(10)18(27)15-11(8)6-23-7-13(15)26;/h7-8,10,12,17,26-27,29,31H,5H2,1-4H3;/q-1;/t8-,10-,12+,17+,22-;/m1./s1. The number of aromatic hydroxyl groups is 1. The van der Waals surface area contributed by atoms with Crippen LogP contribution in [0.4, 0.5) is 0 Å². The summed E-state index contributed by atoms with van der Waals surface area (Å²) in [5, 5.41) is 43.5. The summed E-state index contributed by atoms with van der Waals surface area (Å²) in [5.74, 6) is -6.38. The molecule has 1 heterocycles. The molecule has 0 amide bonds. The van der Waals surface area contributed by atoms with E-state index in [0.29, 0.717) is 5.56 Å². The van der Waals surface area contributed by atoms with Gasteiger partial charge in [-0.25, -0.2) is 0 Å². The van der Waals surface area contributed by atoms with E-state index in [9.17, 15) is 34.8 Å². The van der Waals surface area contributed by atoms with Crippen LogP contribution in [0.25, 0.3) is 5.76 Å². The molecule has 5 atom stereocenters. The van der Waals surface area contributed by atoms with Gasteiger partial charge in [-0.3, -0.25) is 19.3 Å². The molecule has 0 aromatic carbocycles. The van der Waals surface area contributed by atoms with Gasteiger partial charge in [0.1, 0.15) is 11.3 Å². The number of aliphatic hydroxyl groups excluding tert-OH is 2. The Morgan fingerprint density at radius 1 is 1.25 bits per heavy atom. The number of carbonyl (C=O) groups is 3. The molecular formula is C22H23N2O7Y-. The van der Waals surface area contributed by atoms with Crippen LogP contribution in [0.2, 0.25) is 0 Å². The van der Waals surface area contributed by atoms with Crippen molar-refractivity contribution in [3.8, 4) is 5.75 Å². The first kappa shape index (κ1) is 24.7. The molecule has 1 aromatic heterocycles. The Kier molecular flexibility index (Phi) is 6.28. The van der Waals surface area contributed by atoms with Crippen LogP contribution in [0, 0.1) is 18.0 Å². The molecule has 0 spiro atoms. The van der Waals surface area contributed by atoms with Crippen LogP contribution in [0.1, 0.15) is 37.3 Å². The number of aromatic nitrogens is 1. The molecule has 0 unspecified atom stereocenters. The first-order valence-electron chi connectivity index (χ1n) is 9.90.